The Bertz CT molecular complexity index is 1110. The van der Waals surface area contributed by atoms with Crippen molar-refractivity contribution in [2.45, 2.75) is 20.4 Å². The first-order valence-electron chi connectivity index (χ1n) is 10.2. The molecular weight excluding hydrogens is 380 g/mol. The third-order valence-corrected chi connectivity index (χ3v) is 6.00. The molecule has 0 atom stereocenters. The smallest absolute Gasteiger partial charge is 0.317 e. The Kier molecular flexibility index (Phi) is 5.24. The number of carbonyl (C=O) groups is 2. The summed E-state index contributed by atoms with van der Waals surface area (Å²) in [5.74, 6) is -0.0528. The predicted molar refractivity (Wildman–Crippen MR) is 115 cm³/mol. The molecule has 8 heteroatoms. The van der Waals surface area contributed by atoms with Crippen molar-refractivity contribution < 1.29 is 9.59 Å². The maximum absolute atomic E-state index is 13.6. The summed E-state index contributed by atoms with van der Waals surface area (Å²) < 4.78 is 3.87. The molecule has 0 saturated carbocycles. The fraction of sp³-hybridized carbons (Fsp3) is 0.409. The summed E-state index contributed by atoms with van der Waals surface area (Å²) in [4.78, 5) is 29.1. The molecular formula is C22H28N6O2. The van der Waals surface area contributed by atoms with Gasteiger partial charge in [0, 0.05) is 57.2 Å². The maximum atomic E-state index is 13.6. The molecule has 158 valence electrons. The normalized spacial score (nSPS) is 13.9. The molecule has 2 aromatic heterocycles. The minimum Gasteiger partial charge on any atom is -0.346 e. The van der Waals surface area contributed by atoms with Gasteiger partial charge in [-0.25, -0.2) is 4.79 Å². The van der Waals surface area contributed by atoms with E-state index >= 15 is 0 Å². The zero-order valence-corrected chi connectivity index (χ0v) is 18.0. The first kappa shape index (κ1) is 20.0. The lowest BCUT2D eigenvalue weighted by atomic mass is 10.1. The summed E-state index contributed by atoms with van der Waals surface area (Å²) >= 11 is 0. The van der Waals surface area contributed by atoms with Crippen molar-refractivity contribution in [2.24, 2.45) is 14.1 Å². The van der Waals surface area contributed by atoms with Crippen LogP contribution in [0.5, 0.6) is 0 Å². The number of aryl methyl sites for hydroxylation is 3. The van der Waals surface area contributed by atoms with Crippen LogP contribution in [-0.4, -0.2) is 62.3 Å². The van der Waals surface area contributed by atoms with E-state index in [-0.39, 0.29) is 11.9 Å². The van der Waals surface area contributed by atoms with Gasteiger partial charge in [-0.05, 0) is 31.4 Å². The number of amides is 3. The number of para-hydroxylation sites is 1. The van der Waals surface area contributed by atoms with Gasteiger partial charge in [0.1, 0.15) is 0 Å². The summed E-state index contributed by atoms with van der Waals surface area (Å²) in [6.45, 7) is 6.52. The van der Waals surface area contributed by atoms with E-state index in [0.29, 0.717) is 38.3 Å². The van der Waals surface area contributed by atoms with Gasteiger partial charge in [-0.1, -0.05) is 18.2 Å². The molecule has 4 rings (SSSR count). The molecule has 8 nitrogen and oxygen atoms in total. The van der Waals surface area contributed by atoms with Crippen LogP contribution in [0.2, 0.25) is 0 Å². The van der Waals surface area contributed by atoms with E-state index in [1.807, 2.05) is 45.0 Å². The van der Waals surface area contributed by atoms with Crippen LogP contribution in [0.3, 0.4) is 0 Å². The summed E-state index contributed by atoms with van der Waals surface area (Å²) in [6, 6.07) is 10.2. The minimum absolute atomic E-state index is 0.0528. The SMILES string of the molecule is Cc1nn(C)c(C)c1C(=O)N(CCN1CCNC1=O)Cc1cc2ccccc2n1C. The lowest BCUT2D eigenvalue weighted by Gasteiger charge is -2.26. The van der Waals surface area contributed by atoms with E-state index in [9.17, 15) is 9.59 Å². The fourth-order valence-electron chi connectivity index (χ4n) is 4.15. The molecule has 1 N–H and O–H groups in total. The van der Waals surface area contributed by atoms with Gasteiger partial charge in [-0.15, -0.1) is 0 Å². The summed E-state index contributed by atoms with van der Waals surface area (Å²) in [7, 11) is 3.87. The summed E-state index contributed by atoms with van der Waals surface area (Å²) in [6.07, 6.45) is 0. The Morgan fingerprint density at radius 1 is 1.23 bits per heavy atom. The van der Waals surface area contributed by atoms with Gasteiger partial charge >= 0.3 is 6.03 Å². The lowest BCUT2D eigenvalue weighted by Crippen LogP contribution is -2.40. The zero-order chi connectivity index (χ0) is 21.4. The van der Waals surface area contributed by atoms with E-state index in [0.717, 1.165) is 28.0 Å². The molecule has 1 fully saturated rings. The number of hydrogen-bond donors (Lipinski definition) is 1. The molecule has 1 aromatic carbocycles. The van der Waals surface area contributed by atoms with Crippen molar-refractivity contribution in [2.75, 3.05) is 26.2 Å². The van der Waals surface area contributed by atoms with Crippen LogP contribution in [0.1, 0.15) is 27.4 Å². The molecule has 0 spiro atoms. The number of nitrogens with one attached hydrogen (secondary N) is 1. The number of fused-ring (bicyclic) bond motifs is 1. The van der Waals surface area contributed by atoms with Gasteiger partial charge in [0.25, 0.3) is 5.91 Å². The third kappa shape index (κ3) is 3.53. The second-order valence-corrected chi connectivity index (χ2v) is 7.87. The van der Waals surface area contributed by atoms with E-state index in [1.54, 1.807) is 9.58 Å². The minimum atomic E-state index is -0.0688. The maximum Gasteiger partial charge on any atom is 0.317 e. The number of aromatic nitrogens is 3. The number of carbonyl (C=O) groups excluding carboxylic acids is 2. The Labute approximate surface area is 176 Å². The molecule has 1 aliphatic heterocycles. The van der Waals surface area contributed by atoms with Crippen molar-refractivity contribution in [1.82, 2.24) is 29.5 Å². The van der Waals surface area contributed by atoms with Crippen molar-refractivity contribution >= 4 is 22.8 Å². The van der Waals surface area contributed by atoms with Gasteiger partial charge in [0.2, 0.25) is 0 Å². The Balaban J connectivity index is 1.64. The molecule has 1 aliphatic rings. The number of benzene rings is 1. The predicted octanol–water partition coefficient (Wildman–Crippen LogP) is 2.20. The van der Waals surface area contributed by atoms with Crippen LogP contribution in [0, 0.1) is 13.8 Å². The van der Waals surface area contributed by atoms with Gasteiger partial charge in [-0.2, -0.15) is 5.10 Å². The average molecular weight is 409 g/mol. The highest BCUT2D eigenvalue weighted by Crippen LogP contribution is 2.22. The summed E-state index contributed by atoms with van der Waals surface area (Å²) in [5.41, 5.74) is 4.39. The fourth-order valence-corrected chi connectivity index (χ4v) is 4.15. The number of urea groups is 1. The van der Waals surface area contributed by atoms with Crippen molar-refractivity contribution in [3.63, 3.8) is 0 Å². The van der Waals surface area contributed by atoms with Crippen molar-refractivity contribution in [3.8, 4) is 0 Å². The highest BCUT2D eigenvalue weighted by atomic mass is 16.2. The molecule has 0 aliphatic carbocycles. The van der Waals surface area contributed by atoms with Gasteiger partial charge in [0.05, 0.1) is 17.8 Å². The van der Waals surface area contributed by atoms with Crippen LogP contribution in [0.25, 0.3) is 10.9 Å². The monoisotopic (exact) mass is 408 g/mol. The number of rotatable bonds is 6. The molecule has 3 heterocycles. The molecule has 3 amide bonds. The van der Waals surface area contributed by atoms with E-state index in [4.69, 9.17) is 0 Å². The Morgan fingerprint density at radius 2 is 2.00 bits per heavy atom. The van der Waals surface area contributed by atoms with Gasteiger partial charge < -0.3 is 19.7 Å². The van der Waals surface area contributed by atoms with Crippen LogP contribution in [0.4, 0.5) is 4.79 Å². The number of hydrogen-bond acceptors (Lipinski definition) is 3. The molecule has 0 bridgehead atoms. The van der Waals surface area contributed by atoms with Crippen LogP contribution in [0.15, 0.2) is 30.3 Å². The van der Waals surface area contributed by atoms with Crippen LogP contribution < -0.4 is 5.32 Å². The van der Waals surface area contributed by atoms with Crippen LogP contribution >= 0.6 is 0 Å². The molecule has 0 radical (unpaired) electrons. The second-order valence-electron chi connectivity index (χ2n) is 7.87. The van der Waals surface area contributed by atoms with E-state index in [1.165, 1.54) is 0 Å². The van der Waals surface area contributed by atoms with Gasteiger partial charge in [-0.3, -0.25) is 9.48 Å². The molecule has 3 aromatic rings. The van der Waals surface area contributed by atoms with E-state index in [2.05, 4.69) is 33.2 Å². The quantitative estimate of drug-likeness (QED) is 0.679. The van der Waals surface area contributed by atoms with Gasteiger partial charge in [0.15, 0.2) is 0 Å². The Hall–Kier alpha value is -3.29. The topological polar surface area (TPSA) is 75.4 Å². The van der Waals surface area contributed by atoms with Crippen LogP contribution in [-0.2, 0) is 20.6 Å². The third-order valence-electron chi connectivity index (χ3n) is 6.00. The Morgan fingerprint density at radius 3 is 2.63 bits per heavy atom. The standard InChI is InChI=1S/C22H28N6O2/c1-15-20(16(2)26(4)24-15)21(29)28(12-11-27-10-9-23-22(27)30)14-18-13-17-7-5-6-8-19(17)25(18)3/h5-8,13H,9-12,14H2,1-4H3,(H,23,30). The molecule has 0 unspecified atom stereocenters. The highest BCUT2D eigenvalue weighted by Gasteiger charge is 2.26. The number of nitrogens with zero attached hydrogens (tertiary/aromatic N) is 5. The second kappa shape index (κ2) is 7.85. The largest absolute Gasteiger partial charge is 0.346 e. The summed E-state index contributed by atoms with van der Waals surface area (Å²) in [5, 5.41) is 8.38. The molecule has 1 saturated heterocycles. The highest BCUT2D eigenvalue weighted by molar-refractivity contribution is 5.96. The van der Waals surface area contributed by atoms with Crippen molar-refractivity contribution in [3.05, 3.63) is 53.0 Å². The first-order chi connectivity index (χ1) is 14.4. The first-order valence-corrected chi connectivity index (χ1v) is 10.2. The zero-order valence-electron chi connectivity index (χ0n) is 18.0. The van der Waals surface area contributed by atoms with E-state index < -0.39 is 0 Å². The lowest BCUT2D eigenvalue weighted by molar-refractivity contribution is 0.0726. The molecule has 30 heavy (non-hydrogen) atoms. The van der Waals surface area contributed by atoms with Crippen molar-refractivity contribution in [1.29, 1.82) is 0 Å². The average Bonchev–Trinajstić information content (AvgIpc) is 3.35.